The van der Waals surface area contributed by atoms with Gasteiger partial charge in [0.25, 0.3) is 0 Å². The van der Waals surface area contributed by atoms with Crippen LogP contribution in [0.25, 0.3) is 0 Å². The molecule has 0 spiro atoms. The van der Waals surface area contributed by atoms with Gasteiger partial charge < -0.3 is 10.2 Å². The number of anilines is 1. The molecule has 0 radical (unpaired) electrons. The van der Waals surface area contributed by atoms with E-state index in [4.69, 9.17) is 4.74 Å². The summed E-state index contributed by atoms with van der Waals surface area (Å²) in [4.78, 5) is 0.262. The second-order valence-corrected chi connectivity index (χ2v) is 5.83. The second-order valence-electron chi connectivity index (χ2n) is 3.94. The van der Waals surface area contributed by atoms with Crippen LogP contribution in [0.15, 0.2) is 29.2 Å². The van der Waals surface area contributed by atoms with E-state index in [-0.39, 0.29) is 4.90 Å². The van der Waals surface area contributed by atoms with Crippen molar-refractivity contribution in [1.82, 2.24) is 9.73 Å². The van der Waals surface area contributed by atoms with Gasteiger partial charge in [0.1, 0.15) is 0 Å². The minimum absolute atomic E-state index is 0.262. The Morgan fingerprint density at radius 2 is 1.78 bits per heavy atom. The lowest BCUT2D eigenvalue weighted by atomic mass is 10.3. The number of hydrogen-bond acceptors (Lipinski definition) is 5. The van der Waals surface area contributed by atoms with Crippen molar-refractivity contribution in [2.24, 2.45) is 0 Å². The molecule has 7 heteroatoms. The van der Waals surface area contributed by atoms with Crippen molar-refractivity contribution in [2.45, 2.75) is 4.90 Å². The number of nitrogens with one attached hydrogen (secondary N) is 2. The number of sulfonamides is 1. The predicted octanol–water partition coefficient (Wildman–Crippen LogP) is 0.254. The van der Waals surface area contributed by atoms with Crippen LogP contribution in [0.3, 0.4) is 0 Å². The van der Waals surface area contributed by atoms with Crippen LogP contribution in [0.2, 0.25) is 0 Å². The van der Waals surface area contributed by atoms with Crippen LogP contribution in [0.1, 0.15) is 0 Å². The largest absolute Gasteiger partial charge is 0.379 e. The molecular formula is C11H17N3O3S. The zero-order valence-corrected chi connectivity index (χ0v) is 11.0. The molecule has 0 saturated carbocycles. The molecule has 0 aliphatic carbocycles. The van der Waals surface area contributed by atoms with E-state index in [2.05, 4.69) is 10.1 Å². The van der Waals surface area contributed by atoms with E-state index in [1.54, 1.807) is 24.3 Å². The smallest absolute Gasteiger partial charge is 0.240 e. The van der Waals surface area contributed by atoms with Crippen LogP contribution in [0.4, 0.5) is 5.69 Å². The van der Waals surface area contributed by atoms with Crippen molar-refractivity contribution in [3.8, 4) is 0 Å². The van der Waals surface area contributed by atoms with Crippen molar-refractivity contribution < 1.29 is 13.2 Å². The van der Waals surface area contributed by atoms with Crippen LogP contribution in [-0.2, 0) is 14.8 Å². The van der Waals surface area contributed by atoms with Crippen LogP contribution in [0.5, 0.6) is 0 Å². The topological polar surface area (TPSA) is 70.7 Å². The van der Waals surface area contributed by atoms with Gasteiger partial charge in [-0.3, -0.25) is 0 Å². The minimum Gasteiger partial charge on any atom is -0.379 e. The van der Waals surface area contributed by atoms with Crippen LogP contribution in [-0.4, -0.2) is 46.8 Å². The maximum absolute atomic E-state index is 11.5. The summed E-state index contributed by atoms with van der Waals surface area (Å²) in [6, 6.07) is 6.66. The molecule has 0 unspecified atom stereocenters. The number of ether oxygens (including phenoxy) is 1. The molecule has 2 rings (SSSR count). The molecular weight excluding hydrogens is 254 g/mol. The monoisotopic (exact) mass is 271 g/mol. The average Bonchev–Trinajstić information content (AvgIpc) is 2.40. The van der Waals surface area contributed by atoms with Gasteiger partial charge in [-0.25, -0.2) is 18.1 Å². The van der Waals surface area contributed by atoms with Gasteiger partial charge in [0.15, 0.2) is 0 Å². The Morgan fingerprint density at radius 3 is 2.33 bits per heavy atom. The number of rotatable bonds is 4. The maximum atomic E-state index is 11.5. The summed E-state index contributed by atoms with van der Waals surface area (Å²) in [5, 5.41) is 2.05. The van der Waals surface area contributed by atoms with Crippen molar-refractivity contribution in [2.75, 3.05) is 38.8 Å². The molecule has 2 N–H and O–H groups in total. The highest BCUT2D eigenvalue weighted by atomic mass is 32.2. The highest BCUT2D eigenvalue weighted by Gasteiger charge is 2.12. The van der Waals surface area contributed by atoms with E-state index in [0.717, 1.165) is 18.8 Å². The normalized spacial score (nSPS) is 17.6. The highest BCUT2D eigenvalue weighted by molar-refractivity contribution is 7.89. The van der Waals surface area contributed by atoms with Crippen molar-refractivity contribution in [1.29, 1.82) is 0 Å². The molecule has 0 atom stereocenters. The molecule has 1 aliphatic heterocycles. The van der Waals surface area contributed by atoms with E-state index in [0.29, 0.717) is 13.2 Å². The summed E-state index contributed by atoms with van der Waals surface area (Å²) < 4.78 is 30.6. The maximum Gasteiger partial charge on any atom is 0.240 e. The van der Waals surface area contributed by atoms with E-state index < -0.39 is 10.0 Å². The molecule has 18 heavy (non-hydrogen) atoms. The first kappa shape index (κ1) is 13.3. The Labute approximate surface area is 107 Å². The fourth-order valence-electron chi connectivity index (χ4n) is 1.68. The van der Waals surface area contributed by atoms with E-state index in [1.807, 2.05) is 5.01 Å². The van der Waals surface area contributed by atoms with Gasteiger partial charge in [0.05, 0.1) is 18.1 Å². The summed E-state index contributed by atoms with van der Waals surface area (Å²) in [7, 11) is -1.96. The molecule has 1 aromatic rings. The third kappa shape index (κ3) is 3.20. The third-order valence-electron chi connectivity index (χ3n) is 2.73. The van der Waals surface area contributed by atoms with E-state index in [1.165, 1.54) is 7.05 Å². The Bertz CT molecular complexity index is 481. The molecule has 0 amide bonds. The van der Waals surface area contributed by atoms with Crippen molar-refractivity contribution in [3.05, 3.63) is 24.3 Å². The summed E-state index contributed by atoms with van der Waals surface area (Å²) in [6.45, 7) is 3.05. The second kappa shape index (κ2) is 5.66. The summed E-state index contributed by atoms with van der Waals surface area (Å²) in [5.41, 5.74) is 4.08. The van der Waals surface area contributed by atoms with Gasteiger partial charge in [-0.1, -0.05) is 0 Å². The number of hydrazine groups is 1. The van der Waals surface area contributed by atoms with Crippen molar-refractivity contribution >= 4 is 15.7 Å². The molecule has 1 heterocycles. The quantitative estimate of drug-likeness (QED) is 0.821. The summed E-state index contributed by atoms with van der Waals surface area (Å²) in [5.74, 6) is 0. The van der Waals surface area contributed by atoms with Gasteiger partial charge in [-0.2, -0.15) is 0 Å². The van der Waals surface area contributed by atoms with Gasteiger partial charge in [0, 0.05) is 18.8 Å². The summed E-state index contributed by atoms with van der Waals surface area (Å²) in [6.07, 6.45) is 0. The van der Waals surface area contributed by atoms with Gasteiger partial charge in [-0.15, -0.1) is 0 Å². The average molecular weight is 271 g/mol. The predicted molar refractivity (Wildman–Crippen MR) is 68.7 cm³/mol. The number of hydrogen-bond donors (Lipinski definition) is 2. The zero-order chi connectivity index (χ0) is 13.0. The Morgan fingerprint density at radius 1 is 1.17 bits per heavy atom. The third-order valence-corrected chi connectivity index (χ3v) is 4.16. The first-order chi connectivity index (χ1) is 8.62. The molecule has 1 aliphatic rings. The lowest BCUT2D eigenvalue weighted by molar-refractivity contribution is 0.0497. The van der Waals surface area contributed by atoms with Crippen molar-refractivity contribution in [3.63, 3.8) is 0 Å². The molecule has 0 aromatic heterocycles. The zero-order valence-electron chi connectivity index (χ0n) is 10.2. The minimum atomic E-state index is -3.36. The molecule has 6 nitrogen and oxygen atoms in total. The summed E-state index contributed by atoms with van der Waals surface area (Å²) >= 11 is 0. The van der Waals surface area contributed by atoms with Crippen LogP contribution >= 0.6 is 0 Å². The highest BCUT2D eigenvalue weighted by Crippen LogP contribution is 2.14. The number of benzene rings is 1. The first-order valence-corrected chi connectivity index (χ1v) is 7.23. The Balaban J connectivity index is 2.03. The number of nitrogens with zero attached hydrogens (tertiary/aromatic N) is 1. The Kier molecular flexibility index (Phi) is 4.18. The fourth-order valence-corrected chi connectivity index (χ4v) is 2.41. The van der Waals surface area contributed by atoms with Gasteiger partial charge in [-0.05, 0) is 31.3 Å². The standard InChI is InChI=1S/C11H17N3O3S/c1-12-18(15,16)11-4-2-10(3-5-11)13-14-6-8-17-9-7-14/h2-5,12-13H,6-9H2,1H3. The SMILES string of the molecule is CNS(=O)(=O)c1ccc(NN2CCOCC2)cc1. The van der Waals surface area contributed by atoms with Crippen LogP contribution in [0, 0.1) is 0 Å². The molecule has 1 saturated heterocycles. The first-order valence-electron chi connectivity index (χ1n) is 5.75. The lowest BCUT2D eigenvalue weighted by Crippen LogP contribution is -2.40. The van der Waals surface area contributed by atoms with E-state index >= 15 is 0 Å². The van der Waals surface area contributed by atoms with E-state index in [9.17, 15) is 8.42 Å². The molecule has 1 fully saturated rings. The van der Waals surface area contributed by atoms with Crippen LogP contribution < -0.4 is 10.1 Å². The lowest BCUT2D eigenvalue weighted by Gasteiger charge is -2.27. The molecule has 0 bridgehead atoms. The number of morpholine rings is 1. The fraction of sp³-hybridized carbons (Fsp3) is 0.455. The Hall–Kier alpha value is -1.15. The molecule has 100 valence electrons. The molecule has 1 aromatic carbocycles. The van der Waals surface area contributed by atoms with Gasteiger partial charge in [0.2, 0.25) is 10.0 Å². The van der Waals surface area contributed by atoms with Gasteiger partial charge >= 0.3 is 0 Å².